The number of aromatic nitrogens is 4. The van der Waals surface area contributed by atoms with Crippen LogP contribution >= 0.6 is 11.6 Å². The fourth-order valence-corrected chi connectivity index (χ4v) is 3.11. The van der Waals surface area contributed by atoms with Crippen molar-refractivity contribution in [1.29, 1.82) is 0 Å². The third-order valence-corrected chi connectivity index (χ3v) is 4.36. The number of carbonyl (C=O) groups is 1. The number of amides is 1. The van der Waals surface area contributed by atoms with E-state index < -0.39 is 0 Å². The Labute approximate surface area is 145 Å². The van der Waals surface area contributed by atoms with Crippen molar-refractivity contribution in [1.82, 2.24) is 30.2 Å². The van der Waals surface area contributed by atoms with Crippen molar-refractivity contribution >= 4 is 34.5 Å². The Bertz CT molecular complexity index is 717. The van der Waals surface area contributed by atoms with Crippen LogP contribution in [-0.4, -0.2) is 71.0 Å². The fraction of sp³-hybridized carbons (Fsp3) is 0.600. The number of hydrogen-bond acceptors (Lipinski definition) is 6. The number of piperidine rings is 1. The number of hydrogen-bond donors (Lipinski definition) is 2. The molecule has 1 amide bonds. The van der Waals surface area contributed by atoms with Crippen molar-refractivity contribution in [3.63, 3.8) is 0 Å². The third-order valence-electron chi connectivity index (χ3n) is 4.19. The van der Waals surface area contributed by atoms with Crippen molar-refractivity contribution in [2.24, 2.45) is 5.92 Å². The number of nitrogens with one attached hydrogen (secondary N) is 2. The minimum absolute atomic E-state index is 0.0485. The molecule has 0 aliphatic carbocycles. The van der Waals surface area contributed by atoms with Gasteiger partial charge in [-0.3, -0.25) is 4.79 Å². The number of rotatable bonds is 5. The van der Waals surface area contributed by atoms with Gasteiger partial charge in [-0.25, -0.2) is 4.98 Å². The van der Waals surface area contributed by atoms with Gasteiger partial charge < -0.3 is 20.1 Å². The lowest BCUT2D eigenvalue weighted by Crippen LogP contribution is -2.44. The normalized spacial score (nSPS) is 18.3. The zero-order valence-corrected chi connectivity index (χ0v) is 14.7. The predicted octanol–water partition coefficient (Wildman–Crippen LogP) is 0.900. The van der Waals surface area contributed by atoms with Gasteiger partial charge in [-0.05, 0) is 38.5 Å². The molecular weight excluding hydrogens is 330 g/mol. The summed E-state index contributed by atoms with van der Waals surface area (Å²) in [5, 5.41) is 3.18. The SMILES string of the molecule is CN(C)CCNC(=O)[C@@H]1CCCN(c2nc(Cl)nc3nc[nH]c23)C1. The van der Waals surface area contributed by atoms with Crippen LogP contribution in [0, 0.1) is 5.92 Å². The molecular formula is C15H22ClN7O. The van der Waals surface area contributed by atoms with Crippen LogP contribution in [-0.2, 0) is 4.79 Å². The Hall–Kier alpha value is -1.93. The minimum Gasteiger partial charge on any atom is -0.355 e. The topological polar surface area (TPSA) is 90.0 Å². The summed E-state index contributed by atoms with van der Waals surface area (Å²) in [6.07, 6.45) is 3.40. The summed E-state index contributed by atoms with van der Waals surface area (Å²) in [5.41, 5.74) is 1.30. The number of halogens is 1. The van der Waals surface area contributed by atoms with E-state index in [9.17, 15) is 4.79 Å². The highest BCUT2D eigenvalue weighted by Gasteiger charge is 2.28. The summed E-state index contributed by atoms with van der Waals surface area (Å²) >= 11 is 6.01. The van der Waals surface area contributed by atoms with Crippen LogP contribution in [0.25, 0.3) is 11.2 Å². The van der Waals surface area contributed by atoms with E-state index in [0.29, 0.717) is 24.6 Å². The van der Waals surface area contributed by atoms with Gasteiger partial charge in [-0.1, -0.05) is 0 Å². The molecule has 1 saturated heterocycles. The number of aromatic amines is 1. The maximum absolute atomic E-state index is 12.4. The number of H-pyrrole nitrogens is 1. The Morgan fingerprint density at radius 2 is 2.33 bits per heavy atom. The molecule has 9 heteroatoms. The zero-order valence-electron chi connectivity index (χ0n) is 13.9. The summed E-state index contributed by atoms with van der Waals surface area (Å²) in [6, 6.07) is 0. The first-order chi connectivity index (χ1) is 11.5. The largest absolute Gasteiger partial charge is 0.355 e. The molecule has 0 bridgehead atoms. The second-order valence-electron chi connectivity index (χ2n) is 6.30. The molecule has 1 aliphatic rings. The van der Waals surface area contributed by atoms with E-state index in [1.54, 1.807) is 6.33 Å². The standard InChI is InChI=1S/C15H22ClN7O/c1-22(2)7-5-17-14(24)10-4-3-6-23(8-10)13-11-12(19-9-18-11)20-15(16)21-13/h9-10H,3-8H2,1-2H3,(H,17,24)(H,18,19,20,21)/t10-/m1/s1. The highest BCUT2D eigenvalue weighted by molar-refractivity contribution is 6.28. The first kappa shape index (κ1) is 16.9. The maximum atomic E-state index is 12.4. The van der Waals surface area contributed by atoms with Gasteiger partial charge in [0.2, 0.25) is 11.2 Å². The fourth-order valence-electron chi connectivity index (χ4n) is 2.95. The van der Waals surface area contributed by atoms with E-state index in [1.165, 1.54) is 0 Å². The van der Waals surface area contributed by atoms with Crippen molar-refractivity contribution < 1.29 is 4.79 Å². The number of anilines is 1. The molecule has 3 heterocycles. The van der Waals surface area contributed by atoms with Gasteiger partial charge in [-0.15, -0.1) is 0 Å². The Kier molecular flexibility index (Phi) is 5.15. The van der Waals surface area contributed by atoms with Crippen LogP contribution in [0.5, 0.6) is 0 Å². The molecule has 2 N–H and O–H groups in total. The van der Waals surface area contributed by atoms with Gasteiger partial charge >= 0.3 is 0 Å². The molecule has 130 valence electrons. The van der Waals surface area contributed by atoms with Crippen LogP contribution < -0.4 is 10.2 Å². The second kappa shape index (κ2) is 7.31. The van der Waals surface area contributed by atoms with Crippen LogP contribution in [0.15, 0.2) is 6.33 Å². The predicted molar refractivity (Wildman–Crippen MR) is 93.2 cm³/mol. The van der Waals surface area contributed by atoms with Gasteiger partial charge in [0.05, 0.1) is 12.2 Å². The molecule has 1 fully saturated rings. The Morgan fingerprint density at radius 3 is 3.12 bits per heavy atom. The number of carbonyl (C=O) groups excluding carboxylic acids is 1. The molecule has 0 radical (unpaired) electrons. The summed E-state index contributed by atoms with van der Waals surface area (Å²) in [7, 11) is 3.98. The molecule has 0 aromatic carbocycles. The van der Waals surface area contributed by atoms with Crippen molar-refractivity contribution in [3.8, 4) is 0 Å². The van der Waals surface area contributed by atoms with Crippen LogP contribution in [0.4, 0.5) is 5.82 Å². The monoisotopic (exact) mass is 351 g/mol. The summed E-state index contributed by atoms with van der Waals surface area (Å²) < 4.78 is 0. The number of nitrogens with zero attached hydrogens (tertiary/aromatic N) is 5. The lowest BCUT2D eigenvalue weighted by atomic mass is 9.97. The van der Waals surface area contributed by atoms with Gasteiger partial charge in [0.25, 0.3) is 0 Å². The summed E-state index contributed by atoms with van der Waals surface area (Å²) in [6.45, 7) is 2.95. The van der Waals surface area contributed by atoms with Gasteiger partial charge in [-0.2, -0.15) is 9.97 Å². The minimum atomic E-state index is -0.0485. The van der Waals surface area contributed by atoms with Gasteiger partial charge in [0.15, 0.2) is 11.5 Å². The van der Waals surface area contributed by atoms with Crippen molar-refractivity contribution in [2.45, 2.75) is 12.8 Å². The molecule has 0 unspecified atom stereocenters. The summed E-state index contributed by atoms with van der Waals surface area (Å²) in [5.74, 6) is 0.767. The van der Waals surface area contributed by atoms with Gasteiger partial charge in [0.1, 0.15) is 5.52 Å². The van der Waals surface area contributed by atoms with Crippen LogP contribution in [0.3, 0.4) is 0 Å². The Morgan fingerprint density at radius 1 is 1.50 bits per heavy atom. The maximum Gasteiger partial charge on any atom is 0.226 e. The van der Waals surface area contributed by atoms with E-state index in [-0.39, 0.29) is 17.1 Å². The average molecular weight is 352 g/mol. The summed E-state index contributed by atoms with van der Waals surface area (Å²) in [4.78, 5) is 32.2. The molecule has 1 atom stereocenters. The smallest absolute Gasteiger partial charge is 0.226 e. The molecule has 1 aliphatic heterocycles. The highest BCUT2D eigenvalue weighted by Crippen LogP contribution is 2.27. The first-order valence-electron chi connectivity index (χ1n) is 8.08. The first-order valence-corrected chi connectivity index (χ1v) is 8.46. The number of likely N-dealkylation sites (N-methyl/N-ethyl adjacent to an activating group) is 1. The molecule has 0 spiro atoms. The van der Waals surface area contributed by atoms with Crippen molar-refractivity contribution in [2.75, 3.05) is 45.2 Å². The van der Waals surface area contributed by atoms with E-state index >= 15 is 0 Å². The van der Waals surface area contributed by atoms with E-state index in [1.807, 2.05) is 19.0 Å². The molecule has 24 heavy (non-hydrogen) atoms. The lowest BCUT2D eigenvalue weighted by molar-refractivity contribution is -0.125. The van der Waals surface area contributed by atoms with Crippen molar-refractivity contribution in [3.05, 3.63) is 11.6 Å². The van der Waals surface area contributed by atoms with Crippen LogP contribution in [0.2, 0.25) is 5.28 Å². The third kappa shape index (κ3) is 3.76. The number of imidazole rings is 1. The van der Waals surface area contributed by atoms with Gasteiger partial charge in [0, 0.05) is 26.2 Å². The quantitative estimate of drug-likeness (QED) is 0.778. The zero-order chi connectivity index (χ0) is 17.1. The highest BCUT2D eigenvalue weighted by atomic mass is 35.5. The molecule has 0 saturated carbocycles. The van der Waals surface area contributed by atoms with E-state index in [0.717, 1.165) is 31.4 Å². The van der Waals surface area contributed by atoms with Crippen LogP contribution in [0.1, 0.15) is 12.8 Å². The lowest BCUT2D eigenvalue weighted by Gasteiger charge is -2.33. The Balaban J connectivity index is 1.71. The molecule has 3 rings (SSSR count). The molecule has 8 nitrogen and oxygen atoms in total. The second-order valence-corrected chi connectivity index (χ2v) is 6.63. The average Bonchev–Trinajstić information content (AvgIpc) is 3.02. The molecule has 2 aromatic rings. The molecule has 2 aromatic heterocycles. The van der Waals surface area contributed by atoms with E-state index in [2.05, 4.69) is 30.2 Å². The number of fused-ring (bicyclic) bond motifs is 1. The van der Waals surface area contributed by atoms with E-state index in [4.69, 9.17) is 11.6 Å².